The monoisotopic (exact) mass is 370 g/mol. The van der Waals surface area contributed by atoms with Gasteiger partial charge < -0.3 is 4.57 Å². The number of halogens is 1. The Labute approximate surface area is 142 Å². The van der Waals surface area contributed by atoms with E-state index in [0.29, 0.717) is 0 Å². The quantitative estimate of drug-likeness (QED) is 0.547. The third-order valence-corrected chi connectivity index (χ3v) is 4.80. The summed E-state index contributed by atoms with van der Waals surface area (Å²) < 4.78 is 3.27. The summed E-state index contributed by atoms with van der Waals surface area (Å²) >= 11 is 5.27. The highest BCUT2D eigenvalue weighted by Gasteiger charge is 2.09. The number of benzene rings is 2. The summed E-state index contributed by atoms with van der Waals surface area (Å²) in [5, 5.41) is 2.14. The van der Waals surface area contributed by atoms with Crippen LogP contribution in [0.4, 0.5) is 5.69 Å². The number of thiazole rings is 1. The van der Waals surface area contributed by atoms with E-state index in [0.717, 1.165) is 32.8 Å². The molecule has 0 fully saturated rings. The average molecular weight is 371 g/mol. The molecule has 0 radical (unpaired) electrons. The molecule has 4 heteroatoms. The topological polar surface area (TPSA) is 17.3 Å². The zero-order valence-corrected chi connectivity index (χ0v) is 14.3. The summed E-state index contributed by atoms with van der Waals surface area (Å²) in [5.41, 5.74) is 3.27. The number of nitrogens with zero attached hydrogens (tertiary/aromatic N) is 2. The van der Waals surface area contributed by atoms with Crippen LogP contribution in [0.2, 0.25) is 0 Å². The maximum absolute atomic E-state index is 4.75. The molecule has 0 atom stereocenters. The summed E-state index contributed by atoms with van der Waals surface area (Å²) in [4.78, 5) is 5.72. The molecule has 2 nitrogen and oxygen atoms in total. The fraction of sp³-hybridized carbons (Fsp3) is 0.0556. The Morgan fingerprint density at radius 3 is 2.55 bits per heavy atom. The standard InChI is InChI=1S/C18H15BrN2S/c1-2-12-21-17(15-10-6-7-11-16(15)19)13-22-18(21)20-14-8-4-3-5-9-14/h2-11,13H,1,12H2. The normalized spacial score (nSPS) is 11.6. The molecule has 0 spiro atoms. The fourth-order valence-electron chi connectivity index (χ4n) is 2.22. The van der Waals surface area contributed by atoms with Gasteiger partial charge in [-0.25, -0.2) is 4.99 Å². The van der Waals surface area contributed by atoms with Crippen molar-refractivity contribution >= 4 is 33.0 Å². The number of hydrogen-bond acceptors (Lipinski definition) is 2. The van der Waals surface area contributed by atoms with Gasteiger partial charge in [0, 0.05) is 22.0 Å². The second-order valence-electron chi connectivity index (χ2n) is 4.73. The van der Waals surface area contributed by atoms with Crippen molar-refractivity contribution in [1.82, 2.24) is 4.57 Å². The van der Waals surface area contributed by atoms with Crippen LogP contribution in [0.25, 0.3) is 11.3 Å². The van der Waals surface area contributed by atoms with Crippen molar-refractivity contribution in [2.45, 2.75) is 6.54 Å². The van der Waals surface area contributed by atoms with Gasteiger partial charge in [-0.3, -0.25) is 0 Å². The van der Waals surface area contributed by atoms with Gasteiger partial charge in [0.1, 0.15) is 0 Å². The van der Waals surface area contributed by atoms with Crippen LogP contribution in [0.3, 0.4) is 0 Å². The third-order valence-electron chi connectivity index (χ3n) is 3.24. The Kier molecular flexibility index (Phi) is 4.71. The molecule has 1 aromatic heterocycles. The van der Waals surface area contributed by atoms with Crippen LogP contribution in [-0.4, -0.2) is 4.57 Å². The first-order chi connectivity index (χ1) is 10.8. The highest BCUT2D eigenvalue weighted by atomic mass is 79.9. The van der Waals surface area contributed by atoms with Crippen molar-refractivity contribution in [2.24, 2.45) is 4.99 Å². The maximum Gasteiger partial charge on any atom is 0.190 e. The van der Waals surface area contributed by atoms with Crippen molar-refractivity contribution < 1.29 is 0 Å². The third kappa shape index (κ3) is 3.13. The molecule has 0 unspecified atom stereocenters. The van der Waals surface area contributed by atoms with Crippen molar-refractivity contribution in [1.29, 1.82) is 0 Å². The molecule has 1 heterocycles. The van der Waals surface area contributed by atoms with Crippen molar-refractivity contribution in [3.63, 3.8) is 0 Å². The molecule has 0 aliphatic carbocycles. The van der Waals surface area contributed by atoms with E-state index in [4.69, 9.17) is 4.99 Å². The lowest BCUT2D eigenvalue weighted by Crippen LogP contribution is -2.14. The molecule has 0 N–H and O–H groups in total. The minimum absolute atomic E-state index is 0.728. The van der Waals surface area contributed by atoms with E-state index >= 15 is 0 Å². The average Bonchev–Trinajstić information content (AvgIpc) is 2.92. The Hall–Kier alpha value is -1.91. The molecule has 0 amide bonds. The Morgan fingerprint density at radius 2 is 1.82 bits per heavy atom. The number of hydrogen-bond donors (Lipinski definition) is 0. The Balaban J connectivity index is 2.16. The molecule has 3 rings (SSSR count). The largest absolute Gasteiger partial charge is 0.313 e. The summed E-state index contributed by atoms with van der Waals surface area (Å²) in [6.45, 7) is 4.60. The predicted molar refractivity (Wildman–Crippen MR) is 97.3 cm³/mol. The SMILES string of the molecule is C=CCn1c(-c2ccccc2Br)csc1=Nc1ccccc1. The number of allylic oxidation sites excluding steroid dienone is 1. The second-order valence-corrected chi connectivity index (χ2v) is 6.42. The van der Waals surface area contributed by atoms with Gasteiger partial charge in [0.05, 0.1) is 11.4 Å². The minimum Gasteiger partial charge on any atom is -0.313 e. The minimum atomic E-state index is 0.728. The summed E-state index contributed by atoms with van der Waals surface area (Å²) in [7, 11) is 0. The van der Waals surface area contributed by atoms with Crippen LogP contribution in [0.5, 0.6) is 0 Å². The van der Waals surface area contributed by atoms with Gasteiger partial charge in [0.2, 0.25) is 0 Å². The molecule has 22 heavy (non-hydrogen) atoms. The van der Waals surface area contributed by atoms with E-state index in [1.165, 1.54) is 0 Å². The number of para-hydroxylation sites is 1. The first-order valence-electron chi connectivity index (χ1n) is 6.93. The molecule has 0 bridgehead atoms. The Morgan fingerprint density at radius 1 is 1.09 bits per heavy atom. The molecule has 0 saturated heterocycles. The van der Waals surface area contributed by atoms with Crippen LogP contribution >= 0.6 is 27.3 Å². The van der Waals surface area contributed by atoms with Crippen molar-refractivity contribution in [2.75, 3.05) is 0 Å². The zero-order chi connectivity index (χ0) is 15.4. The van der Waals surface area contributed by atoms with Gasteiger partial charge in [0.25, 0.3) is 0 Å². The lowest BCUT2D eigenvalue weighted by molar-refractivity contribution is 0.800. The first-order valence-corrected chi connectivity index (χ1v) is 8.61. The molecule has 3 aromatic rings. The van der Waals surface area contributed by atoms with Crippen LogP contribution in [-0.2, 0) is 6.54 Å². The van der Waals surface area contributed by atoms with Gasteiger partial charge in [-0.2, -0.15) is 0 Å². The van der Waals surface area contributed by atoms with Crippen molar-refractivity contribution in [3.05, 3.63) is 81.9 Å². The van der Waals surface area contributed by atoms with E-state index in [9.17, 15) is 0 Å². The zero-order valence-electron chi connectivity index (χ0n) is 11.9. The van der Waals surface area contributed by atoms with Gasteiger partial charge in [-0.1, -0.05) is 58.4 Å². The van der Waals surface area contributed by atoms with Crippen LogP contribution in [0.1, 0.15) is 0 Å². The molecule has 2 aromatic carbocycles. The molecule has 0 aliphatic rings. The van der Waals surface area contributed by atoms with Crippen LogP contribution in [0, 0.1) is 0 Å². The lowest BCUT2D eigenvalue weighted by Gasteiger charge is -2.08. The van der Waals surface area contributed by atoms with Crippen LogP contribution < -0.4 is 4.80 Å². The molecule has 110 valence electrons. The first kappa shape index (κ1) is 15.0. The van der Waals surface area contributed by atoms with E-state index in [1.54, 1.807) is 11.3 Å². The molecule has 0 aliphatic heterocycles. The summed E-state index contributed by atoms with van der Waals surface area (Å²) in [6.07, 6.45) is 1.90. The Bertz CT molecular complexity index is 847. The highest BCUT2D eigenvalue weighted by molar-refractivity contribution is 9.10. The second kappa shape index (κ2) is 6.90. The van der Waals surface area contributed by atoms with Gasteiger partial charge in [-0.15, -0.1) is 17.9 Å². The highest BCUT2D eigenvalue weighted by Crippen LogP contribution is 2.28. The van der Waals surface area contributed by atoms with E-state index in [-0.39, 0.29) is 0 Å². The fourth-order valence-corrected chi connectivity index (χ4v) is 3.64. The van der Waals surface area contributed by atoms with E-state index in [2.05, 4.69) is 44.6 Å². The van der Waals surface area contributed by atoms with Crippen LogP contribution in [0.15, 0.2) is 82.1 Å². The number of aromatic nitrogens is 1. The van der Waals surface area contributed by atoms with Gasteiger partial charge >= 0.3 is 0 Å². The number of rotatable bonds is 4. The summed E-state index contributed by atoms with van der Waals surface area (Å²) in [6, 6.07) is 18.2. The summed E-state index contributed by atoms with van der Waals surface area (Å²) in [5.74, 6) is 0. The molecular weight excluding hydrogens is 356 g/mol. The smallest absolute Gasteiger partial charge is 0.190 e. The predicted octanol–water partition coefficient (Wildman–Crippen LogP) is 5.40. The lowest BCUT2D eigenvalue weighted by atomic mass is 10.2. The van der Waals surface area contributed by atoms with E-state index < -0.39 is 0 Å². The van der Waals surface area contributed by atoms with Crippen molar-refractivity contribution in [3.8, 4) is 11.3 Å². The maximum atomic E-state index is 4.75. The van der Waals surface area contributed by atoms with Gasteiger partial charge in [-0.05, 0) is 18.2 Å². The van der Waals surface area contributed by atoms with Gasteiger partial charge in [0.15, 0.2) is 4.80 Å². The van der Waals surface area contributed by atoms with E-state index in [1.807, 2.05) is 48.5 Å². The molecule has 0 saturated carbocycles. The molecular formula is C18H15BrN2S.